The number of rotatable bonds is 2. The maximum atomic E-state index is 11.5. The lowest BCUT2D eigenvalue weighted by molar-refractivity contribution is -0.124. The molecule has 0 saturated carbocycles. The molecule has 0 unspecified atom stereocenters. The van der Waals surface area contributed by atoms with Crippen molar-refractivity contribution in [1.29, 1.82) is 5.26 Å². The Morgan fingerprint density at radius 2 is 2.27 bits per heavy atom. The van der Waals surface area contributed by atoms with Crippen LogP contribution < -0.4 is 0 Å². The molecule has 0 atom stereocenters. The molecule has 0 fully saturated rings. The van der Waals surface area contributed by atoms with Gasteiger partial charge in [0.1, 0.15) is 17.4 Å². The SMILES string of the molecule is CN(C)C(=O)/C(C#N)=C\c1ccc(I)o1. The molecule has 0 aliphatic rings. The fourth-order valence-corrected chi connectivity index (χ4v) is 1.36. The Hall–Kier alpha value is -1.29. The van der Waals surface area contributed by atoms with Crippen molar-refractivity contribution in [2.24, 2.45) is 0 Å². The van der Waals surface area contributed by atoms with Gasteiger partial charge in [-0.15, -0.1) is 0 Å². The minimum Gasteiger partial charge on any atom is -0.451 e. The van der Waals surface area contributed by atoms with E-state index in [1.54, 1.807) is 26.2 Å². The first kappa shape index (κ1) is 11.8. The highest BCUT2D eigenvalue weighted by Crippen LogP contribution is 2.14. The number of amides is 1. The fraction of sp³-hybridized carbons (Fsp3) is 0.200. The second kappa shape index (κ2) is 4.98. The van der Waals surface area contributed by atoms with Crippen LogP contribution in [-0.4, -0.2) is 24.9 Å². The number of halogens is 1. The third-order valence-electron chi connectivity index (χ3n) is 1.64. The van der Waals surface area contributed by atoms with Crippen LogP contribution in [0.15, 0.2) is 22.1 Å². The zero-order valence-corrected chi connectivity index (χ0v) is 10.5. The van der Waals surface area contributed by atoms with E-state index in [0.29, 0.717) is 9.53 Å². The predicted molar refractivity (Wildman–Crippen MR) is 63.7 cm³/mol. The second-order valence-corrected chi connectivity index (χ2v) is 4.07. The van der Waals surface area contributed by atoms with E-state index in [-0.39, 0.29) is 11.5 Å². The molecule has 1 heterocycles. The van der Waals surface area contributed by atoms with Gasteiger partial charge in [0.25, 0.3) is 5.91 Å². The summed E-state index contributed by atoms with van der Waals surface area (Å²) in [6.45, 7) is 0. The first-order valence-electron chi connectivity index (χ1n) is 4.13. The van der Waals surface area contributed by atoms with Gasteiger partial charge in [0.05, 0.1) is 0 Å². The minimum absolute atomic E-state index is 0.0609. The number of carbonyl (C=O) groups is 1. The molecular weight excluding hydrogens is 307 g/mol. The molecule has 4 nitrogen and oxygen atoms in total. The maximum absolute atomic E-state index is 11.5. The zero-order valence-electron chi connectivity index (χ0n) is 8.32. The van der Waals surface area contributed by atoms with E-state index in [9.17, 15) is 4.79 Å². The molecule has 78 valence electrons. The van der Waals surface area contributed by atoms with E-state index in [2.05, 4.69) is 0 Å². The lowest BCUT2D eigenvalue weighted by Crippen LogP contribution is -2.22. The van der Waals surface area contributed by atoms with Gasteiger partial charge in [-0.25, -0.2) is 0 Å². The van der Waals surface area contributed by atoms with E-state index in [0.717, 1.165) is 0 Å². The van der Waals surface area contributed by atoms with E-state index in [4.69, 9.17) is 9.68 Å². The van der Waals surface area contributed by atoms with Gasteiger partial charge >= 0.3 is 0 Å². The number of hydrogen-bond acceptors (Lipinski definition) is 3. The number of hydrogen-bond donors (Lipinski definition) is 0. The van der Waals surface area contributed by atoms with E-state index >= 15 is 0 Å². The van der Waals surface area contributed by atoms with Crippen LogP contribution in [-0.2, 0) is 4.79 Å². The number of nitriles is 1. The zero-order chi connectivity index (χ0) is 11.4. The topological polar surface area (TPSA) is 57.2 Å². The van der Waals surface area contributed by atoms with Crippen LogP contribution >= 0.6 is 22.6 Å². The van der Waals surface area contributed by atoms with Crippen molar-refractivity contribution >= 4 is 34.6 Å². The van der Waals surface area contributed by atoms with Gasteiger partial charge < -0.3 is 9.32 Å². The quantitative estimate of drug-likeness (QED) is 0.475. The van der Waals surface area contributed by atoms with Gasteiger partial charge in [-0.2, -0.15) is 5.26 Å². The van der Waals surface area contributed by atoms with Crippen LogP contribution in [0.2, 0.25) is 0 Å². The van der Waals surface area contributed by atoms with Gasteiger partial charge in [0, 0.05) is 20.2 Å². The van der Waals surface area contributed by atoms with Crippen LogP contribution in [0.1, 0.15) is 5.76 Å². The van der Waals surface area contributed by atoms with Crippen molar-refractivity contribution in [3.8, 4) is 6.07 Å². The molecular formula is C10H9IN2O2. The Balaban J connectivity index is 2.99. The summed E-state index contributed by atoms with van der Waals surface area (Å²) in [6, 6.07) is 5.32. The van der Waals surface area contributed by atoms with Crippen LogP contribution in [0.5, 0.6) is 0 Å². The second-order valence-electron chi connectivity index (χ2n) is 3.01. The van der Waals surface area contributed by atoms with E-state index in [1.165, 1.54) is 11.0 Å². The Kier molecular flexibility index (Phi) is 3.91. The molecule has 0 spiro atoms. The van der Waals surface area contributed by atoms with Crippen molar-refractivity contribution in [2.45, 2.75) is 0 Å². The van der Waals surface area contributed by atoms with Crippen LogP contribution in [0.3, 0.4) is 0 Å². The molecule has 0 bridgehead atoms. The lowest BCUT2D eigenvalue weighted by atomic mass is 10.2. The van der Waals surface area contributed by atoms with Crippen LogP contribution in [0.4, 0.5) is 0 Å². The van der Waals surface area contributed by atoms with Gasteiger partial charge in [-0.05, 0) is 34.7 Å². The average molecular weight is 316 g/mol. The third kappa shape index (κ3) is 3.09. The van der Waals surface area contributed by atoms with Crippen molar-refractivity contribution < 1.29 is 9.21 Å². The maximum Gasteiger partial charge on any atom is 0.264 e. The summed E-state index contributed by atoms with van der Waals surface area (Å²) in [5, 5.41) is 8.80. The molecule has 0 saturated heterocycles. The van der Waals surface area contributed by atoms with E-state index < -0.39 is 0 Å². The van der Waals surface area contributed by atoms with E-state index in [1.807, 2.05) is 28.7 Å². The van der Waals surface area contributed by atoms with Crippen LogP contribution in [0.25, 0.3) is 6.08 Å². The number of nitrogens with zero attached hydrogens (tertiary/aromatic N) is 2. The summed E-state index contributed by atoms with van der Waals surface area (Å²) >= 11 is 2.02. The molecule has 0 aromatic carbocycles. The largest absolute Gasteiger partial charge is 0.451 e. The van der Waals surface area contributed by atoms with Crippen molar-refractivity contribution in [2.75, 3.05) is 14.1 Å². The smallest absolute Gasteiger partial charge is 0.264 e. The number of furan rings is 1. The van der Waals surface area contributed by atoms with Crippen molar-refractivity contribution in [3.05, 3.63) is 27.2 Å². The molecule has 0 aliphatic heterocycles. The molecule has 0 N–H and O–H groups in total. The average Bonchev–Trinajstić information content (AvgIpc) is 2.59. The summed E-state index contributed by atoms with van der Waals surface area (Å²) in [4.78, 5) is 12.8. The van der Waals surface area contributed by atoms with Gasteiger partial charge in [-0.3, -0.25) is 4.79 Å². The standard InChI is InChI=1S/C10H9IN2O2/c1-13(2)10(14)7(6-12)5-8-3-4-9(11)15-8/h3-5H,1-2H3/b7-5-. The molecule has 1 rings (SSSR count). The lowest BCUT2D eigenvalue weighted by Gasteiger charge is -2.07. The predicted octanol–water partition coefficient (Wildman–Crippen LogP) is 1.88. The number of carbonyl (C=O) groups excluding carboxylic acids is 1. The summed E-state index contributed by atoms with van der Waals surface area (Å²) in [7, 11) is 3.19. The monoisotopic (exact) mass is 316 g/mol. The summed E-state index contributed by atoms with van der Waals surface area (Å²) in [5.74, 6) is 0.176. The van der Waals surface area contributed by atoms with Crippen molar-refractivity contribution in [3.63, 3.8) is 0 Å². The molecule has 1 amide bonds. The van der Waals surface area contributed by atoms with Gasteiger partial charge in [-0.1, -0.05) is 0 Å². The molecule has 0 radical (unpaired) electrons. The molecule has 15 heavy (non-hydrogen) atoms. The fourth-order valence-electron chi connectivity index (χ4n) is 0.931. The highest BCUT2D eigenvalue weighted by atomic mass is 127. The Bertz CT molecular complexity index is 441. The molecule has 5 heteroatoms. The van der Waals surface area contributed by atoms with Gasteiger partial charge in [0.15, 0.2) is 3.77 Å². The third-order valence-corrected chi connectivity index (χ3v) is 2.22. The normalized spacial score (nSPS) is 10.9. The first-order chi connectivity index (χ1) is 7.04. The van der Waals surface area contributed by atoms with Gasteiger partial charge in [0.2, 0.25) is 0 Å². The summed E-state index contributed by atoms with van der Waals surface area (Å²) < 4.78 is 5.95. The molecule has 1 aromatic rings. The highest BCUT2D eigenvalue weighted by Gasteiger charge is 2.11. The summed E-state index contributed by atoms with van der Waals surface area (Å²) in [6.07, 6.45) is 1.44. The molecule has 0 aliphatic carbocycles. The van der Waals surface area contributed by atoms with Crippen molar-refractivity contribution in [1.82, 2.24) is 4.90 Å². The summed E-state index contributed by atoms with van der Waals surface area (Å²) in [5.41, 5.74) is 0.0609. The Labute approximate surface area is 101 Å². The number of likely N-dealkylation sites (N-methyl/N-ethyl adjacent to an activating group) is 1. The Morgan fingerprint density at radius 3 is 2.67 bits per heavy atom. The highest BCUT2D eigenvalue weighted by molar-refractivity contribution is 14.1. The minimum atomic E-state index is -0.330. The first-order valence-corrected chi connectivity index (χ1v) is 5.21. The molecule has 1 aromatic heterocycles. The van der Waals surface area contributed by atoms with Crippen LogP contribution in [0, 0.1) is 15.1 Å². The Morgan fingerprint density at radius 1 is 1.60 bits per heavy atom.